The van der Waals surface area contributed by atoms with Crippen molar-refractivity contribution in [2.75, 3.05) is 11.9 Å². The molecule has 0 saturated heterocycles. The van der Waals surface area contributed by atoms with Crippen molar-refractivity contribution in [2.24, 2.45) is 0 Å². The minimum atomic E-state index is -4.49. The Morgan fingerprint density at radius 3 is 2.67 bits per heavy atom. The maximum atomic E-state index is 12.7. The van der Waals surface area contributed by atoms with Gasteiger partial charge in [-0.25, -0.2) is 9.97 Å². The number of nitrogens with zero attached hydrogens (tertiary/aromatic N) is 2. The number of hydrogen-bond donors (Lipinski definition) is 2. The van der Waals surface area contributed by atoms with E-state index >= 15 is 0 Å². The van der Waals surface area contributed by atoms with Gasteiger partial charge in [0.25, 0.3) is 0 Å². The smallest absolute Gasteiger partial charge is 0.360 e. The first-order valence-electron chi connectivity index (χ1n) is 5.34. The second kappa shape index (κ2) is 4.67. The molecule has 0 radical (unpaired) electrons. The average molecular weight is 256 g/mol. The molecule has 2 aromatic rings. The van der Waals surface area contributed by atoms with Gasteiger partial charge < -0.3 is 10.3 Å². The Morgan fingerprint density at radius 1 is 1.33 bits per heavy atom. The first kappa shape index (κ1) is 12.4. The molecule has 2 rings (SSSR count). The third-order valence-corrected chi connectivity index (χ3v) is 2.23. The molecule has 2 N–H and O–H groups in total. The highest BCUT2D eigenvalue weighted by Crippen LogP contribution is 2.30. The molecule has 0 saturated carbocycles. The van der Waals surface area contributed by atoms with Crippen LogP contribution in [0.2, 0.25) is 0 Å². The van der Waals surface area contributed by atoms with E-state index in [4.69, 9.17) is 0 Å². The van der Waals surface area contributed by atoms with E-state index in [1.54, 1.807) is 25.3 Å². The predicted molar refractivity (Wildman–Crippen MR) is 61.0 cm³/mol. The number of aromatic nitrogens is 3. The van der Waals surface area contributed by atoms with Crippen molar-refractivity contribution in [3.63, 3.8) is 0 Å². The minimum absolute atomic E-state index is 0.0306. The number of H-pyrrole nitrogens is 1. The van der Waals surface area contributed by atoms with Gasteiger partial charge in [0.1, 0.15) is 0 Å². The Bertz CT molecular complexity index is 520. The molecule has 18 heavy (non-hydrogen) atoms. The van der Waals surface area contributed by atoms with Crippen LogP contribution in [0.4, 0.5) is 19.1 Å². The van der Waals surface area contributed by atoms with Gasteiger partial charge in [-0.1, -0.05) is 0 Å². The van der Waals surface area contributed by atoms with Crippen LogP contribution in [0.1, 0.15) is 12.6 Å². The molecule has 0 bridgehead atoms. The van der Waals surface area contributed by atoms with Crippen molar-refractivity contribution in [2.45, 2.75) is 13.1 Å². The monoisotopic (exact) mass is 256 g/mol. The lowest BCUT2D eigenvalue weighted by Gasteiger charge is -2.10. The molecule has 0 fully saturated rings. The van der Waals surface area contributed by atoms with Crippen LogP contribution < -0.4 is 5.32 Å². The highest BCUT2D eigenvalue weighted by molar-refractivity contribution is 5.56. The van der Waals surface area contributed by atoms with Gasteiger partial charge in [0.2, 0.25) is 5.95 Å². The molecule has 2 aromatic heterocycles. The quantitative estimate of drug-likeness (QED) is 0.887. The molecule has 96 valence electrons. The van der Waals surface area contributed by atoms with Gasteiger partial charge in [0.05, 0.1) is 11.4 Å². The van der Waals surface area contributed by atoms with E-state index in [9.17, 15) is 13.2 Å². The normalized spacial score (nSPS) is 11.6. The number of nitrogens with one attached hydrogen (secondary N) is 2. The van der Waals surface area contributed by atoms with E-state index in [1.165, 1.54) is 0 Å². The summed E-state index contributed by atoms with van der Waals surface area (Å²) in [6.45, 7) is 2.21. The zero-order chi connectivity index (χ0) is 13.2. The molecule has 2 heterocycles. The standard InChI is InChI=1S/C11H11F3N4/c1-2-15-10-17-8(7-4-3-5-16-7)6-9(18-10)11(12,13)14/h3-6,16H,2H2,1H3,(H,15,17,18). The van der Waals surface area contributed by atoms with Crippen LogP contribution in [0.3, 0.4) is 0 Å². The molecule has 0 atom stereocenters. The zero-order valence-electron chi connectivity index (χ0n) is 9.54. The first-order valence-corrected chi connectivity index (χ1v) is 5.34. The van der Waals surface area contributed by atoms with Crippen LogP contribution >= 0.6 is 0 Å². The van der Waals surface area contributed by atoms with E-state index < -0.39 is 11.9 Å². The number of halogens is 3. The molecule has 0 unspecified atom stereocenters. The highest BCUT2D eigenvalue weighted by atomic mass is 19.4. The summed E-state index contributed by atoms with van der Waals surface area (Å²) in [6.07, 6.45) is -2.87. The van der Waals surface area contributed by atoms with Crippen LogP contribution in [-0.2, 0) is 6.18 Å². The lowest BCUT2D eigenvalue weighted by atomic mass is 10.2. The van der Waals surface area contributed by atoms with Gasteiger partial charge in [-0.2, -0.15) is 13.2 Å². The summed E-state index contributed by atoms with van der Waals surface area (Å²) < 4.78 is 38.1. The number of hydrogen-bond acceptors (Lipinski definition) is 3. The summed E-state index contributed by atoms with van der Waals surface area (Å²) in [4.78, 5) is 10.3. The number of rotatable bonds is 3. The largest absolute Gasteiger partial charge is 0.433 e. The Morgan fingerprint density at radius 2 is 2.11 bits per heavy atom. The maximum Gasteiger partial charge on any atom is 0.433 e. The first-order chi connectivity index (χ1) is 8.50. The van der Waals surface area contributed by atoms with Crippen molar-refractivity contribution < 1.29 is 13.2 Å². The Kier molecular flexibility index (Phi) is 3.22. The molecule has 0 aliphatic heterocycles. The van der Waals surface area contributed by atoms with E-state index in [0.717, 1.165) is 6.07 Å². The molecular weight excluding hydrogens is 245 g/mol. The predicted octanol–water partition coefficient (Wildman–Crippen LogP) is 2.92. The Balaban J connectivity index is 2.50. The van der Waals surface area contributed by atoms with E-state index in [1.807, 2.05) is 0 Å². The van der Waals surface area contributed by atoms with Crippen LogP contribution in [0.5, 0.6) is 0 Å². The van der Waals surface area contributed by atoms with Gasteiger partial charge in [-0.15, -0.1) is 0 Å². The lowest BCUT2D eigenvalue weighted by Crippen LogP contribution is -2.12. The van der Waals surface area contributed by atoms with E-state index in [2.05, 4.69) is 20.3 Å². The van der Waals surface area contributed by atoms with Crippen molar-refractivity contribution in [1.29, 1.82) is 0 Å². The summed E-state index contributed by atoms with van der Waals surface area (Å²) in [5.41, 5.74) is -0.238. The Hall–Kier alpha value is -2.05. The summed E-state index contributed by atoms with van der Waals surface area (Å²) in [6, 6.07) is 4.27. The van der Waals surface area contributed by atoms with Gasteiger partial charge in [0, 0.05) is 12.7 Å². The fourth-order valence-electron chi connectivity index (χ4n) is 1.46. The van der Waals surface area contributed by atoms with Crippen LogP contribution in [0, 0.1) is 0 Å². The molecule has 0 aromatic carbocycles. The van der Waals surface area contributed by atoms with Crippen LogP contribution in [-0.4, -0.2) is 21.5 Å². The SMILES string of the molecule is CCNc1nc(-c2ccc[nH]2)cc(C(F)(F)F)n1. The van der Waals surface area contributed by atoms with Crippen LogP contribution in [0.25, 0.3) is 11.4 Å². The van der Waals surface area contributed by atoms with Crippen molar-refractivity contribution in [3.8, 4) is 11.4 Å². The van der Waals surface area contributed by atoms with Gasteiger partial charge in [0.15, 0.2) is 5.69 Å². The highest BCUT2D eigenvalue weighted by Gasteiger charge is 2.33. The van der Waals surface area contributed by atoms with E-state index in [-0.39, 0.29) is 11.6 Å². The molecule has 0 aliphatic rings. The summed E-state index contributed by atoms with van der Waals surface area (Å²) in [5.74, 6) is -0.0306. The second-order valence-electron chi connectivity index (χ2n) is 3.57. The van der Waals surface area contributed by atoms with Crippen LogP contribution in [0.15, 0.2) is 24.4 Å². The average Bonchev–Trinajstić information content (AvgIpc) is 2.81. The molecular formula is C11H11F3N4. The lowest BCUT2D eigenvalue weighted by molar-refractivity contribution is -0.141. The van der Waals surface area contributed by atoms with Crippen molar-refractivity contribution >= 4 is 5.95 Å². The molecule has 4 nitrogen and oxygen atoms in total. The summed E-state index contributed by atoms with van der Waals surface area (Å²) in [7, 11) is 0. The summed E-state index contributed by atoms with van der Waals surface area (Å²) >= 11 is 0. The number of anilines is 1. The molecule has 7 heteroatoms. The number of aromatic amines is 1. The molecule has 0 spiro atoms. The minimum Gasteiger partial charge on any atom is -0.360 e. The van der Waals surface area contributed by atoms with Crippen molar-refractivity contribution in [1.82, 2.24) is 15.0 Å². The number of alkyl halides is 3. The van der Waals surface area contributed by atoms with Gasteiger partial charge >= 0.3 is 6.18 Å². The third kappa shape index (κ3) is 2.61. The van der Waals surface area contributed by atoms with Crippen molar-refractivity contribution in [3.05, 3.63) is 30.1 Å². The summed E-state index contributed by atoms with van der Waals surface area (Å²) in [5, 5.41) is 2.69. The Labute approximate surface area is 101 Å². The fourth-order valence-corrected chi connectivity index (χ4v) is 1.46. The molecule has 0 amide bonds. The second-order valence-corrected chi connectivity index (χ2v) is 3.57. The van der Waals surface area contributed by atoms with Gasteiger partial charge in [-0.05, 0) is 25.1 Å². The maximum absolute atomic E-state index is 12.7. The third-order valence-electron chi connectivity index (χ3n) is 2.23. The van der Waals surface area contributed by atoms with Gasteiger partial charge in [-0.3, -0.25) is 0 Å². The molecule has 0 aliphatic carbocycles. The zero-order valence-corrected chi connectivity index (χ0v) is 9.54. The topological polar surface area (TPSA) is 53.6 Å². The fraction of sp³-hybridized carbons (Fsp3) is 0.273. The van der Waals surface area contributed by atoms with E-state index in [0.29, 0.717) is 12.2 Å².